The van der Waals surface area contributed by atoms with Crippen LogP contribution >= 0.6 is 0 Å². The standard InChI is InChI=1S/C13H20FNO3S/c1-9(2)13(4,16)8-15-19(17,18)12-6-5-10(3)7-11(12)14/h5-7,9,15-16H,8H2,1-4H3. The highest BCUT2D eigenvalue weighted by Gasteiger charge is 2.28. The van der Waals surface area contributed by atoms with Crippen LogP contribution in [0.1, 0.15) is 26.3 Å². The summed E-state index contributed by atoms with van der Waals surface area (Å²) in [6.45, 7) is 6.60. The van der Waals surface area contributed by atoms with E-state index in [1.165, 1.54) is 19.1 Å². The van der Waals surface area contributed by atoms with Gasteiger partial charge in [-0.2, -0.15) is 0 Å². The molecule has 0 aliphatic heterocycles. The molecular formula is C13H20FNO3S. The Bertz CT molecular complexity index is 553. The van der Waals surface area contributed by atoms with Crippen molar-refractivity contribution < 1.29 is 17.9 Å². The van der Waals surface area contributed by atoms with E-state index < -0.39 is 26.3 Å². The lowest BCUT2D eigenvalue weighted by Crippen LogP contribution is -2.44. The molecule has 0 aliphatic carbocycles. The monoisotopic (exact) mass is 289 g/mol. The van der Waals surface area contributed by atoms with Gasteiger partial charge in [-0.05, 0) is 37.5 Å². The number of nitrogens with one attached hydrogen (secondary N) is 1. The van der Waals surface area contributed by atoms with E-state index in [4.69, 9.17) is 0 Å². The minimum absolute atomic E-state index is 0.127. The first-order chi connectivity index (χ1) is 8.56. The van der Waals surface area contributed by atoms with Gasteiger partial charge in [-0.25, -0.2) is 17.5 Å². The summed E-state index contributed by atoms with van der Waals surface area (Å²) in [5.74, 6) is -0.922. The average Bonchev–Trinajstić information content (AvgIpc) is 2.26. The lowest BCUT2D eigenvalue weighted by atomic mass is 9.93. The molecule has 1 aromatic rings. The van der Waals surface area contributed by atoms with Crippen molar-refractivity contribution in [2.45, 2.75) is 38.2 Å². The average molecular weight is 289 g/mol. The van der Waals surface area contributed by atoms with Gasteiger partial charge in [0.2, 0.25) is 10.0 Å². The fourth-order valence-corrected chi connectivity index (χ4v) is 2.55. The molecule has 0 saturated carbocycles. The summed E-state index contributed by atoms with van der Waals surface area (Å²) in [7, 11) is -3.96. The zero-order valence-electron chi connectivity index (χ0n) is 11.6. The largest absolute Gasteiger partial charge is 0.389 e. The molecule has 6 heteroatoms. The maximum absolute atomic E-state index is 13.6. The van der Waals surface area contributed by atoms with Crippen LogP contribution in [0.4, 0.5) is 4.39 Å². The zero-order chi connectivity index (χ0) is 14.8. The molecule has 0 saturated heterocycles. The van der Waals surface area contributed by atoms with Crippen molar-refractivity contribution in [2.24, 2.45) is 5.92 Å². The number of sulfonamides is 1. The van der Waals surface area contributed by atoms with Crippen LogP contribution in [0.3, 0.4) is 0 Å². The van der Waals surface area contributed by atoms with Crippen molar-refractivity contribution in [3.8, 4) is 0 Å². The molecule has 0 heterocycles. The van der Waals surface area contributed by atoms with Gasteiger partial charge in [0, 0.05) is 6.54 Å². The predicted octanol–water partition coefficient (Wildman–Crippen LogP) is 1.82. The molecule has 0 aromatic heterocycles. The van der Waals surface area contributed by atoms with Gasteiger partial charge >= 0.3 is 0 Å². The first-order valence-corrected chi connectivity index (χ1v) is 7.53. The minimum atomic E-state index is -3.96. The Balaban J connectivity index is 2.94. The Kier molecular flexibility index (Phi) is 4.71. The molecule has 0 radical (unpaired) electrons. The van der Waals surface area contributed by atoms with Crippen LogP contribution < -0.4 is 4.72 Å². The summed E-state index contributed by atoms with van der Waals surface area (Å²) in [4.78, 5) is -0.405. The second-order valence-electron chi connectivity index (χ2n) is 5.27. The van der Waals surface area contributed by atoms with Gasteiger partial charge in [0.1, 0.15) is 10.7 Å². The SMILES string of the molecule is Cc1ccc(S(=O)(=O)NCC(C)(O)C(C)C)c(F)c1. The van der Waals surface area contributed by atoms with Crippen molar-refractivity contribution in [1.82, 2.24) is 4.72 Å². The van der Waals surface area contributed by atoms with Crippen molar-refractivity contribution in [1.29, 1.82) is 0 Å². The molecule has 4 nitrogen and oxygen atoms in total. The molecule has 1 atom stereocenters. The van der Waals surface area contributed by atoms with Crippen molar-refractivity contribution in [3.63, 3.8) is 0 Å². The van der Waals surface area contributed by atoms with Crippen LogP contribution in [-0.4, -0.2) is 25.7 Å². The summed E-state index contributed by atoms with van der Waals surface area (Å²) in [6.07, 6.45) is 0. The third-order valence-corrected chi connectivity index (χ3v) is 4.68. The maximum Gasteiger partial charge on any atom is 0.243 e. The van der Waals surface area contributed by atoms with Crippen LogP contribution in [0.5, 0.6) is 0 Å². The number of rotatable bonds is 5. The van der Waals surface area contributed by atoms with E-state index in [0.29, 0.717) is 5.56 Å². The summed E-state index contributed by atoms with van der Waals surface area (Å²) >= 11 is 0. The lowest BCUT2D eigenvalue weighted by molar-refractivity contribution is 0.0190. The highest BCUT2D eigenvalue weighted by molar-refractivity contribution is 7.89. The molecule has 1 aromatic carbocycles. The third-order valence-electron chi connectivity index (χ3n) is 3.24. The Labute approximate surface area is 113 Å². The summed E-state index contributed by atoms with van der Waals surface area (Å²) in [5.41, 5.74) is -0.542. The minimum Gasteiger partial charge on any atom is -0.389 e. The molecule has 108 valence electrons. The molecule has 0 bridgehead atoms. The fraction of sp³-hybridized carbons (Fsp3) is 0.538. The van der Waals surface area contributed by atoms with E-state index >= 15 is 0 Å². The van der Waals surface area contributed by atoms with E-state index in [1.54, 1.807) is 20.8 Å². The molecule has 0 amide bonds. The smallest absolute Gasteiger partial charge is 0.243 e. The van der Waals surface area contributed by atoms with Gasteiger partial charge in [-0.1, -0.05) is 19.9 Å². The second-order valence-corrected chi connectivity index (χ2v) is 7.01. The van der Waals surface area contributed by atoms with E-state index in [9.17, 15) is 17.9 Å². The Morgan fingerprint density at radius 2 is 2.00 bits per heavy atom. The van der Waals surface area contributed by atoms with Crippen molar-refractivity contribution >= 4 is 10.0 Å². The third kappa shape index (κ3) is 3.99. The molecule has 1 unspecified atom stereocenters. The normalized spacial score (nSPS) is 15.5. The number of hydrogen-bond donors (Lipinski definition) is 2. The van der Waals surface area contributed by atoms with E-state index in [2.05, 4.69) is 4.72 Å². The number of halogens is 1. The van der Waals surface area contributed by atoms with Gasteiger partial charge in [-0.3, -0.25) is 0 Å². The second kappa shape index (κ2) is 5.56. The number of hydrogen-bond acceptors (Lipinski definition) is 3. The van der Waals surface area contributed by atoms with Crippen LogP contribution in [0.15, 0.2) is 23.1 Å². The van der Waals surface area contributed by atoms with Gasteiger partial charge in [0.25, 0.3) is 0 Å². The summed E-state index contributed by atoms with van der Waals surface area (Å²) in [6, 6.07) is 3.91. The Hall–Kier alpha value is -0.980. The highest BCUT2D eigenvalue weighted by Crippen LogP contribution is 2.18. The van der Waals surface area contributed by atoms with Crippen LogP contribution in [0.2, 0.25) is 0 Å². The highest BCUT2D eigenvalue weighted by atomic mass is 32.2. The quantitative estimate of drug-likeness (QED) is 0.869. The predicted molar refractivity (Wildman–Crippen MR) is 71.8 cm³/mol. The summed E-state index contributed by atoms with van der Waals surface area (Å²) in [5, 5.41) is 9.99. The van der Waals surface area contributed by atoms with E-state index in [0.717, 1.165) is 6.07 Å². The molecular weight excluding hydrogens is 269 g/mol. The van der Waals surface area contributed by atoms with Crippen LogP contribution in [-0.2, 0) is 10.0 Å². The van der Waals surface area contributed by atoms with E-state index in [1.807, 2.05) is 0 Å². The molecule has 1 rings (SSSR count). The lowest BCUT2D eigenvalue weighted by Gasteiger charge is -2.27. The molecule has 0 fully saturated rings. The van der Waals surface area contributed by atoms with E-state index in [-0.39, 0.29) is 12.5 Å². The Morgan fingerprint density at radius 3 is 2.47 bits per heavy atom. The fourth-order valence-electron chi connectivity index (χ4n) is 1.35. The Morgan fingerprint density at radius 1 is 1.42 bits per heavy atom. The van der Waals surface area contributed by atoms with Crippen molar-refractivity contribution in [2.75, 3.05) is 6.54 Å². The molecule has 2 N–H and O–H groups in total. The first-order valence-electron chi connectivity index (χ1n) is 6.04. The summed E-state index contributed by atoms with van der Waals surface area (Å²) < 4.78 is 39.8. The topological polar surface area (TPSA) is 66.4 Å². The number of aryl methyl sites for hydroxylation is 1. The maximum atomic E-state index is 13.6. The van der Waals surface area contributed by atoms with Gasteiger partial charge < -0.3 is 5.11 Å². The number of benzene rings is 1. The van der Waals surface area contributed by atoms with Gasteiger partial charge in [0.15, 0.2) is 0 Å². The van der Waals surface area contributed by atoms with Crippen LogP contribution in [0.25, 0.3) is 0 Å². The number of aliphatic hydroxyl groups is 1. The zero-order valence-corrected chi connectivity index (χ0v) is 12.4. The molecule has 19 heavy (non-hydrogen) atoms. The molecule has 0 spiro atoms. The first kappa shape index (κ1) is 16.1. The van der Waals surface area contributed by atoms with Gasteiger partial charge in [-0.15, -0.1) is 0 Å². The van der Waals surface area contributed by atoms with Crippen molar-refractivity contribution in [3.05, 3.63) is 29.6 Å². The van der Waals surface area contributed by atoms with Crippen LogP contribution in [0, 0.1) is 18.7 Å². The molecule has 0 aliphatic rings. The van der Waals surface area contributed by atoms with Gasteiger partial charge in [0.05, 0.1) is 5.60 Å².